The van der Waals surface area contributed by atoms with Gasteiger partial charge in [0.25, 0.3) is 0 Å². The third kappa shape index (κ3) is 2.42. The van der Waals surface area contributed by atoms with Crippen molar-refractivity contribution in [1.29, 1.82) is 0 Å². The highest BCUT2D eigenvalue weighted by Crippen LogP contribution is 2.28. The standard InChI is InChI=1S/C16H16FN3O/c17-13-6-3-7-14(15(13)16(18)19-21)20-9-8-11-4-1-2-5-12(11)10-20/h1-7,21H,8-10H2,(H2,18,19). The fourth-order valence-corrected chi connectivity index (χ4v) is 2.78. The van der Waals surface area contributed by atoms with Crippen LogP contribution >= 0.6 is 0 Å². The maximum absolute atomic E-state index is 14.0. The van der Waals surface area contributed by atoms with E-state index in [0.717, 1.165) is 13.0 Å². The summed E-state index contributed by atoms with van der Waals surface area (Å²) in [6.45, 7) is 1.46. The molecule has 4 nitrogen and oxygen atoms in total. The van der Waals surface area contributed by atoms with Crippen molar-refractivity contribution >= 4 is 11.5 Å². The number of fused-ring (bicyclic) bond motifs is 1. The first-order chi connectivity index (χ1) is 10.2. The highest BCUT2D eigenvalue weighted by molar-refractivity contribution is 6.02. The first kappa shape index (κ1) is 13.4. The smallest absolute Gasteiger partial charge is 0.175 e. The van der Waals surface area contributed by atoms with Crippen molar-refractivity contribution in [3.8, 4) is 0 Å². The predicted octanol–water partition coefficient (Wildman–Crippen LogP) is 2.48. The Hall–Kier alpha value is -2.56. The summed E-state index contributed by atoms with van der Waals surface area (Å²) >= 11 is 0. The monoisotopic (exact) mass is 285 g/mol. The maximum Gasteiger partial charge on any atom is 0.175 e. The molecule has 3 N–H and O–H groups in total. The Morgan fingerprint density at radius 3 is 2.67 bits per heavy atom. The van der Waals surface area contributed by atoms with Gasteiger partial charge >= 0.3 is 0 Å². The zero-order chi connectivity index (χ0) is 14.8. The number of amidine groups is 1. The Morgan fingerprint density at radius 1 is 1.14 bits per heavy atom. The number of nitrogens with zero attached hydrogens (tertiary/aromatic N) is 2. The third-order valence-corrected chi connectivity index (χ3v) is 3.83. The molecule has 0 fully saturated rings. The van der Waals surface area contributed by atoms with Crippen LogP contribution in [0.25, 0.3) is 0 Å². The highest BCUT2D eigenvalue weighted by atomic mass is 19.1. The molecular formula is C16H16FN3O. The van der Waals surface area contributed by atoms with E-state index in [0.29, 0.717) is 12.2 Å². The minimum absolute atomic E-state index is 0.152. The van der Waals surface area contributed by atoms with Crippen molar-refractivity contribution in [2.45, 2.75) is 13.0 Å². The van der Waals surface area contributed by atoms with Crippen molar-refractivity contribution < 1.29 is 9.60 Å². The van der Waals surface area contributed by atoms with Crippen LogP contribution in [-0.2, 0) is 13.0 Å². The van der Waals surface area contributed by atoms with Crippen LogP contribution in [0.2, 0.25) is 0 Å². The second-order valence-corrected chi connectivity index (χ2v) is 5.06. The van der Waals surface area contributed by atoms with Gasteiger partial charge in [0.1, 0.15) is 5.82 Å². The SMILES string of the molecule is NC(=NO)c1c(F)cccc1N1CCc2ccccc2C1. The summed E-state index contributed by atoms with van der Waals surface area (Å²) in [5.41, 5.74) is 8.97. The Kier molecular flexibility index (Phi) is 3.48. The van der Waals surface area contributed by atoms with Crippen molar-refractivity contribution in [1.82, 2.24) is 0 Å². The van der Waals surface area contributed by atoms with Crippen molar-refractivity contribution in [3.63, 3.8) is 0 Å². The van der Waals surface area contributed by atoms with Gasteiger partial charge in [-0.25, -0.2) is 4.39 Å². The fourth-order valence-electron chi connectivity index (χ4n) is 2.78. The van der Waals surface area contributed by atoms with Crippen molar-refractivity contribution in [2.75, 3.05) is 11.4 Å². The Bertz CT molecular complexity index is 700. The van der Waals surface area contributed by atoms with Gasteiger partial charge in [-0.15, -0.1) is 0 Å². The van der Waals surface area contributed by atoms with Gasteiger partial charge in [0, 0.05) is 13.1 Å². The second-order valence-electron chi connectivity index (χ2n) is 5.06. The molecule has 0 saturated carbocycles. The Balaban J connectivity index is 2.01. The van der Waals surface area contributed by atoms with Gasteiger partial charge in [-0.1, -0.05) is 35.5 Å². The molecule has 1 aliphatic heterocycles. The Labute approximate surface area is 122 Å². The molecule has 3 rings (SSSR count). The normalized spacial score (nSPS) is 14.9. The average Bonchev–Trinajstić information content (AvgIpc) is 2.53. The van der Waals surface area contributed by atoms with E-state index in [1.54, 1.807) is 12.1 Å². The Morgan fingerprint density at radius 2 is 1.90 bits per heavy atom. The molecule has 0 bridgehead atoms. The van der Waals surface area contributed by atoms with Crippen LogP contribution in [0.3, 0.4) is 0 Å². The van der Waals surface area contributed by atoms with Crippen LogP contribution in [0.4, 0.5) is 10.1 Å². The number of anilines is 1. The molecule has 0 aromatic heterocycles. The summed E-state index contributed by atoms with van der Waals surface area (Å²) in [4.78, 5) is 2.05. The molecule has 1 heterocycles. The van der Waals surface area contributed by atoms with E-state index in [2.05, 4.69) is 22.2 Å². The van der Waals surface area contributed by atoms with E-state index in [1.165, 1.54) is 17.2 Å². The number of hydrogen-bond acceptors (Lipinski definition) is 3. The fraction of sp³-hybridized carbons (Fsp3) is 0.188. The lowest BCUT2D eigenvalue weighted by Gasteiger charge is -2.32. The van der Waals surface area contributed by atoms with Crippen LogP contribution in [0.1, 0.15) is 16.7 Å². The first-order valence-corrected chi connectivity index (χ1v) is 6.79. The maximum atomic E-state index is 14.0. The second kappa shape index (κ2) is 5.44. The van der Waals surface area contributed by atoms with Crippen molar-refractivity contribution in [3.05, 3.63) is 65.0 Å². The molecular weight excluding hydrogens is 269 g/mol. The molecule has 0 saturated heterocycles. The predicted molar refractivity (Wildman–Crippen MR) is 80.1 cm³/mol. The minimum Gasteiger partial charge on any atom is -0.409 e. The molecule has 108 valence electrons. The quantitative estimate of drug-likeness (QED) is 0.386. The lowest BCUT2D eigenvalue weighted by atomic mass is 9.98. The average molecular weight is 285 g/mol. The molecule has 2 aromatic carbocycles. The minimum atomic E-state index is -0.485. The van der Waals surface area contributed by atoms with E-state index in [-0.39, 0.29) is 11.4 Å². The van der Waals surface area contributed by atoms with E-state index >= 15 is 0 Å². The topological polar surface area (TPSA) is 61.9 Å². The number of benzene rings is 2. The van der Waals surface area contributed by atoms with Crippen LogP contribution in [0, 0.1) is 5.82 Å². The summed E-state index contributed by atoms with van der Waals surface area (Å²) in [6, 6.07) is 13.0. The molecule has 21 heavy (non-hydrogen) atoms. The van der Waals surface area contributed by atoms with Gasteiger partial charge in [-0.3, -0.25) is 0 Å². The molecule has 2 aromatic rings. The number of nitrogens with two attached hydrogens (primary N) is 1. The van der Waals surface area contributed by atoms with Crippen LogP contribution < -0.4 is 10.6 Å². The molecule has 0 radical (unpaired) electrons. The zero-order valence-electron chi connectivity index (χ0n) is 11.5. The van der Waals surface area contributed by atoms with Gasteiger partial charge < -0.3 is 15.8 Å². The summed E-state index contributed by atoms with van der Waals surface area (Å²) in [7, 11) is 0. The molecule has 0 unspecified atom stereocenters. The van der Waals surface area contributed by atoms with Crippen LogP contribution in [0.15, 0.2) is 47.6 Å². The lowest BCUT2D eigenvalue weighted by molar-refractivity contribution is 0.318. The van der Waals surface area contributed by atoms with Gasteiger partial charge in [0.15, 0.2) is 5.84 Å². The van der Waals surface area contributed by atoms with Gasteiger partial charge in [-0.2, -0.15) is 0 Å². The van der Waals surface area contributed by atoms with Gasteiger partial charge in [0.2, 0.25) is 0 Å². The van der Waals surface area contributed by atoms with E-state index < -0.39 is 5.82 Å². The van der Waals surface area contributed by atoms with Gasteiger partial charge in [-0.05, 0) is 29.7 Å². The number of hydrogen-bond donors (Lipinski definition) is 2. The number of rotatable bonds is 2. The summed E-state index contributed by atoms with van der Waals surface area (Å²) in [5.74, 6) is -0.691. The van der Waals surface area contributed by atoms with E-state index in [9.17, 15) is 4.39 Å². The van der Waals surface area contributed by atoms with Crippen molar-refractivity contribution in [2.24, 2.45) is 10.9 Å². The van der Waals surface area contributed by atoms with E-state index in [4.69, 9.17) is 10.9 Å². The van der Waals surface area contributed by atoms with Crippen LogP contribution in [-0.4, -0.2) is 17.6 Å². The lowest BCUT2D eigenvalue weighted by Crippen LogP contribution is -2.32. The van der Waals surface area contributed by atoms with Crippen LogP contribution in [0.5, 0.6) is 0 Å². The molecule has 0 atom stereocenters. The molecule has 0 spiro atoms. The van der Waals surface area contributed by atoms with E-state index in [1.807, 2.05) is 12.1 Å². The summed E-state index contributed by atoms with van der Waals surface area (Å²) in [5, 5.41) is 11.8. The number of oxime groups is 1. The third-order valence-electron chi connectivity index (χ3n) is 3.83. The largest absolute Gasteiger partial charge is 0.409 e. The molecule has 5 heteroatoms. The highest BCUT2D eigenvalue weighted by Gasteiger charge is 2.21. The number of halogens is 1. The molecule has 1 aliphatic rings. The zero-order valence-corrected chi connectivity index (χ0v) is 11.5. The summed E-state index contributed by atoms with van der Waals surface area (Å²) in [6.07, 6.45) is 0.891. The first-order valence-electron chi connectivity index (χ1n) is 6.79. The van der Waals surface area contributed by atoms with Gasteiger partial charge in [0.05, 0.1) is 11.3 Å². The molecule has 0 aliphatic carbocycles. The summed E-state index contributed by atoms with van der Waals surface area (Å²) < 4.78 is 14.0. The molecule has 0 amide bonds.